The van der Waals surface area contributed by atoms with Crippen LogP contribution in [0.4, 0.5) is 0 Å². The molecular formula is C15H28N4O3. The first-order valence-corrected chi connectivity index (χ1v) is 7.80. The molecule has 0 unspecified atom stereocenters. The summed E-state index contributed by atoms with van der Waals surface area (Å²) in [6.45, 7) is 5.66. The van der Waals surface area contributed by atoms with Gasteiger partial charge in [0.05, 0.1) is 12.6 Å². The van der Waals surface area contributed by atoms with Gasteiger partial charge in [-0.05, 0) is 25.3 Å². The molecule has 0 spiro atoms. The molecule has 0 bridgehead atoms. The van der Waals surface area contributed by atoms with Gasteiger partial charge in [-0.1, -0.05) is 13.8 Å². The van der Waals surface area contributed by atoms with Crippen molar-refractivity contribution < 1.29 is 14.4 Å². The molecule has 3 amide bonds. The van der Waals surface area contributed by atoms with Crippen molar-refractivity contribution in [2.24, 2.45) is 5.92 Å². The molecule has 7 nitrogen and oxygen atoms in total. The summed E-state index contributed by atoms with van der Waals surface area (Å²) in [7, 11) is 3.41. The Morgan fingerprint density at radius 2 is 2.09 bits per heavy atom. The van der Waals surface area contributed by atoms with Crippen LogP contribution in [0.25, 0.3) is 0 Å². The summed E-state index contributed by atoms with van der Waals surface area (Å²) in [6.07, 6.45) is 2.38. The Labute approximate surface area is 132 Å². The van der Waals surface area contributed by atoms with Crippen LogP contribution in [0, 0.1) is 5.92 Å². The fourth-order valence-electron chi connectivity index (χ4n) is 2.97. The topological polar surface area (TPSA) is 81.8 Å². The summed E-state index contributed by atoms with van der Waals surface area (Å²) >= 11 is 0. The first-order valence-electron chi connectivity index (χ1n) is 7.80. The minimum absolute atomic E-state index is 0.00208. The molecule has 0 aromatic rings. The number of carbonyl (C=O) groups is 3. The van der Waals surface area contributed by atoms with Crippen LogP contribution < -0.4 is 10.6 Å². The largest absolute Gasteiger partial charge is 0.358 e. The standard InChI is InChI=1S/C15H28N4O3/c1-11(2)13(18(4)14(21)8-17-10-20)9-19-7-5-6-12(19)15(22)16-3/h10-13H,5-9H2,1-4H3,(H,16,22)(H,17,20)/t12-,13+/m0/s1. The molecule has 0 aromatic heterocycles. The highest BCUT2D eigenvalue weighted by atomic mass is 16.2. The van der Waals surface area contributed by atoms with Gasteiger partial charge < -0.3 is 15.5 Å². The second-order valence-corrected chi connectivity index (χ2v) is 6.08. The maximum Gasteiger partial charge on any atom is 0.241 e. The van der Waals surface area contributed by atoms with E-state index in [0.717, 1.165) is 19.4 Å². The fraction of sp³-hybridized carbons (Fsp3) is 0.800. The van der Waals surface area contributed by atoms with Crippen LogP contribution in [-0.2, 0) is 14.4 Å². The molecule has 7 heteroatoms. The zero-order valence-electron chi connectivity index (χ0n) is 14.0. The zero-order chi connectivity index (χ0) is 16.7. The molecule has 0 radical (unpaired) electrons. The van der Waals surface area contributed by atoms with Gasteiger partial charge in [-0.2, -0.15) is 0 Å². The summed E-state index contributed by atoms with van der Waals surface area (Å²) in [5, 5.41) is 5.11. The normalized spacial score (nSPS) is 19.8. The fourth-order valence-corrected chi connectivity index (χ4v) is 2.97. The summed E-state index contributed by atoms with van der Waals surface area (Å²) < 4.78 is 0. The summed E-state index contributed by atoms with van der Waals surface area (Å²) in [6, 6.07) is -0.103. The van der Waals surface area contributed by atoms with E-state index in [1.165, 1.54) is 0 Å². The van der Waals surface area contributed by atoms with Crippen LogP contribution in [0.2, 0.25) is 0 Å². The van der Waals surface area contributed by atoms with Gasteiger partial charge in [0.2, 0.25) is 18.2 Å². The Kier molecular flexibility index (Phi) is 7.31. The van der Waals surface area contributed by atoms with Crippen molar-refractivity contribution in [2.75, 3.05) is 33.7 Å². The lowest BCUT2D eigenvalue weighted by Gasteiger charge is -2.36. The van der Waals surface area contributed by atoms with Gasteiger partial charge in [0.1, 0.15) is 0 Å². The Morgan fingerprint density at radius 3 is 2.64 bits per heavy atom. The van der Waals surface area contributed by atoms with E-state index in [1.807, 2.05) is 0 Å². The number of nitrogens with one attached hydrogen (secondary N) is 2. The van der Waals surface area contributed by atoms with Gasteiger partial charge in [0, 0.05) is 26.7 Å². The zero-order valence-corrected chi connectivity index (χ0v) is 14.0. The molecule has 1 saturated heterocycles. The highest BCUT2D eigenvalue weighted by molar-refractivity contribution is 5.82. The SMILES string of the molecule is CNC(=O)[C@@H]1CCCN1C[C@H](C(C)C)N(C)C(=O)CNC=O. The maximum atomic E-state index is 12.1. The summed E-state index contributed by atoms with van der Waals surface area (Å²) in [5.41, 5.74) is 0. The third kappa shape index (κ3) is 4.69. The van der Waals surface area contributed by atoms with Crippen molar-refractivity contribution in [2.45, 2.75) is 38.8 Å². The van der Waals surface area contributed by atoms with E-state index in [4.69, 9.17) is 0 Å². The molecule has 0 saturated carbocycles. The van der Waals surface area contributed by atoms with Crippen LogP contribution in [-0.4, -0.2) is 73.8 Å². The Hall–Kier alpha value is -1.63. The number of nitrogens with zero attached hydrogens (tertiary/aromatic N) is 2. The van der Waals surface area contributed by atoms with E-state index < -0.39 is 0 Å². The van der Waals surface area contributed by atoms with Gasteiger partial charge in [0.15, 0.2) is 0 Å². The molecule has 2 N–H and O–H groups in total. The van der Waals surface area contributed by atoms with E-state index in [9.17, 15) is 14.4 Å². The van der Waals surface area contributed by atoms with Gasteiger partial charge in [0.25, 0.3) is 0 Å². The van der Waals surface area contributed by atoms with Gasteiger partial charge >= 0.3 is 0 Å². The highest BCUT2D eigenvalue weighted by Gasteiger charge is 2.34. The van der Waals surface area contributed by atoms with Crippen molar-refractivity contribution in [1.82, 2.24) is 20.4 Å². The molecule has 126 valence electrons. The van der Waals surface area contributed by atoms with Crippen molar-refractivity contribution in [3.63, 3.8) is 0 Å². The molecule has 1 aliphatic rings. The molecule has 1 heterocycles. The number of likely N-dealkylation sites (N-methyl/N-ethyl adjacent to an activating group) is 2. The van der Waals surface area contributed by atoms with E-state index in [2.05, 4.69) is 29.4 Å². The van der Waals surface area contributed by atoms with Crippen LogP contribution >= 0.6 is 0 Å². The first-order chi connectivity index (χ1) is 10.4. The maximum absolute atomic E-state index is 12.1. The van der Waals surface area contributed by atoms with Crippen LogP contribution in [0.15, 0.2) is 0 Å². The molecule has 0 aromatic carbocycles. The Morgan fingerprint density at radius 1 is 1.41 bits per heavy atom. The summed E-state index contributed by atoms with van der Waals surface area (Å²) in [5.74, 6) is 0.175. The van der Waals surface area contributed by atoms with Gasteiger partial charge in [-0.15, -0.1) is 0 Å². The first kappa shape index (κ1) is 18.4. The molecule has 1 aliphatic heterocycles. The predicted molar refractivity (Wildman–Crippen MR) is 84.1 cm³/mol. The van der Waals surface area contributed by atoms with E-state index >= 15 is 0 Å². The number of hydrogen-bond donors (Lipinski definition) is 2. The second-order valence-electron chi connectivity index (χ2n) is 6.08. The molecular weight excluding hydrogens is 284 g/mol. The number of likely N-dealkylation sites (tertiary alicyclic amines) is 1. The number of hydrogen-bond acceptors (Lipinski definition) is 4. The second kappa shape index (κ2) is 8.73. The van der Waals surface area contributed by atoms with Crippen molar-refractivity contribution in [3.05, 3.63) is 0 Å². The lowest BCUT2D eigenvalue weighted by atomic mass is 10.0. The molecule has 1 rings (SSSR count). The van der Waals surface area contributed by atoms with Crippen LogP contribution in [0.3, 0.4) is 0 Å². The van der Waals surface area contributed by atoms with Gasteiger partial charge in [-0.3, -0.25) is 19.3 Å². The number of carbonyl (C=O) groups excluding carboxylic acids is 3. The quantitative estimate of drug-likeness (QED) is 0.588. The van der Waals surface area contributed by atoms with Crippen molar-refractivity contribution in [1.29, 1.82) is 0 Å². The van der Waals surface area contributed by atoms with Crippen molar-refractivity contribution >= 4 is 18.2 Å². The van der Waals surface area contributed by atoms with Gasteiger partial charge in [-0.25, -0.2) is 0 Å². The molecule has 1 fully saturated rings. The minimum atomic E-state index is -0.124. The van der Waals surface area contributed by atoms with Crippen LogP contribution in [0.1, 0.15) is 26.7 Å². The lowest BCUT2D eigenvalue weighted by molar-refractivity contribution is -0.133. The molecule has 0 aliphatic carbocycles. The molecule has 2 atom stereocenters. The Balaban J connectivity index is 2.72. The summed E-state index contributed by atoms with van der Waals surface area (Å²) in [4.78, 5) is 38.2. The number of amides is 3. The van der Waals surface area contributed by atoms with E-state index in [-0.39, 0.29) is 36.4 Å². The van der Waals surface area contributed by atoms with Crippen LogP contribution in [0.5, 0.6) is 0 Å². The Bertz CT molecular complexity index is 400. The highest BCUT2D eigenvalue weighted by Crippen LogP contribution is 2.21. The number of rotatable bonds is 8. The smallest absolute Gasteiger partial charge is 0.241 e. The average molecular weight is 312 g/mol. The van der Waals surface area contributed by atoms with E-state index in [0.29, 0.717) is 13.0 Å². The monoisotopic (exact) mass is 312 g/mol. The average Bonchev–Trinajstić information content (AvgIpc) is 2.96. The third-order valence-electron chi connectivity index (χ3n) is 4.33. The van der Waals surface area contributed by atoms with E-state index in [1.54, 1.807) is 19.0 Å². The lowest BCUT2D eigenvalue weighted by Crippen LogP contribution is -2.52. The predicted octanol–water partition coefficient (Wildman–Crippen LogP) is -0.574. The van der Waals surface area contributed by atoms with Crippen molar-refractivity contribution in [3.8, 4) is 0 Å². The minimum Gasteiger partial charge on any atom is -0.358 e. The third-order valence-corrected chi connectivity index (χ3v) is 4.33. The molecule has 22 heavy (non-hydrogen) atoms.